The van der Waals surface area contributed by atoms with Gasteiger partial charge in [0.25, 0.3) is 0 Å². The van der Waals surface area contributed by atoms with Crippen molar-refractivity contribution in [1.29, 1.82) is 0 Å². The summed E-state index contributed by atoms with van der Waals surface area (Å²) in [5.41, 5.74) is 1.05. The third-order valence-corrected chi connectivity index (χ3v) is 3.23. The highest BCUT2D eigenvalue weighted by Crippen LogP contribution is 2.23. The van der Waals surface area contributed by atoms with Crippen molar-refractivity contribution in [3.8, 4) is 10.6 Å². The molecule has 0 amide bonds. The monoisotopic (exact) mass is 288 g/mol. The summed E-state index contributed by atoms with van der Waals surface area (Å²) in [4.78, 5) is 4.35. The highest BCUT2D eigenvalue weighted by atomic mass is 79.9. The second-order valence-corrected chi connectivity index (χ2v) is 4.41. The van der Waals surface area contributed by atoms with E-state index in [1.54, 1.807) is 0 Å². The van der Waals surface area contributed by atoms with E-state index in [4.69, 9.17) is 11.6 Å². The van der Waals surface area contributed by atoms with Gasteiger partial charge in [0.15, 0.2) is 5.82 Å². The van der Waals surface area contributed by atoms with Crippen LogP contribution in [0.25, 0.3) is 10.6 Å². The lowest BCUT2D eigenvalue weighted by Crippen LogP contribution is -1.80. The van der Waals surface area contributed by atoms with Gasteiger partial charge >= 0.3 is 0 Å². The fourth-order valence-corrected chi connectivity index (χ4v) is 2.25. The molecule has 1 aromatic heterocycles. The predicted octanol–water partition coefficient (Wildman–Crippen LogP) is 3.75. The van der Waals surface area contributed by atoms with Crippen molar-refractivity contribution < 1.29 is 0 Å². The molecule has 2 aromatic rings. The van der Waals surface area contributed by atoms with Crippen LogP contribution in [0, 0.1) is 0 Å². The third kappa shape index (κ3) is 2.13. The van der Waals surface area contributed by atoms with Crippen molar-refractivity contribution in [2.75, 3.05) is 0 Å². The molecule has 0 saturated carbocycles. The lowest BCUT2D eigenvalue weighted by atomic mass is 10.2. The smallest absolute Gasteiger partial charge is 0.153 e. The normalized spacial score (nSPS) is 10.4. The van der Waals surface area contributed by atoms with Crippen LogP contribution >= 0.6 is 39.1 Å². The van der Waals surface area contributed by atoms with Gasteiger partial charge in [-0.25, -0.2) is 4.98 Å². The maximum Gasteiger partial charge on any atom is 0.153 e. The molecule has 0 saturated heterocycles. The molecule has 14 heavy (non-hydrogen) atoms. The van der Waals surface area contributed by atoms with Crippen LogP contribution in [0.4, 0.5) is 0 Å². The largest absolute Gasteiger partial charge is 0.218 e. The van der Waals surface area contributed by atoms with Crippen LogP contribution in [-0.2, 0) is 5.33 Å². The molecule has 0 atom stereocenters. The molecule has 0 bridgehead atoms. The fourth-order valence-electron chi connectivity index (χ4n) is 1.02. The van der Waals surface area contributed by atoms with Gasteiger partial charge in [0.1, 0.15) is 5.01 Å². The first-order chi connectivity index (χ1) is 6.79. The molecule has 1 aromatic carbocycles. The summed E-state index contributed by atoms with van der Waals surface area (Å²) in [6, 6.07) is 7.60. The summed E-state index contributed by atoms with van der Waals surface area (Å²) in [6.07, 6.45) is 0. The van der Waals surface area contributed by atoms with Crippen LogP contribution in [0.3, 0.4) is 0 Å². The Morgan fingerprint density at radius 3 is 2.57 bits per heavy atom. The summed E-state index contributed by atoms with van der Waals surface area (Å²) in [5.74, 6) is 0.819. The fraction of sp³-hybridized carbons (Fsp3) is 0.111. The molecule has 72 valence electrons. The predicted molar refractivity (Wildman–Crippen MR) is 63.0 cm³/mol. The Morgan fingerprint density at radius 2 is 2.00 bits per heavy atom. The molecule has 0 N–H and O–H groups in total. The summed E-state index contributed by atoms with van der Waals surface area (Å²) in [7, 11) is 0. The molecule has 0 aliphatic heterocycles. The van der Waals surface area contributed by atoms with Crippen molar-refractivity contribution in [1.82, 2.24) is 9.36 Å². The van der Waals surface area contributed by atoms with Gasteiger partial charge in [0.05, 0.1) is 5.33 Å². The number of halogens is 2. The second kappa shape index (κ2) is 4.38. The van der Waals surface area contributed by atoms with E-state index >= 15 is 0 Å². The molecule has 2 nitrogen and oxygen atoms in total. The topological polar surface area (TPSA) is 25.8 Å². The van der Waals surface area contributed by atoms with Crippen LogP contribution in [0.5, 0.6) is 0 Å². The Bertz CT molecular complexity index is 427. The van der Waals surface area contributed by atoms with Crippen LogP contribution < -0.4 is 0 Å². The van der Waals surface area contributed by atoms with E-state index < -0.39 is 0 Å². The van der Waals surface area contributed by atoms with Gasteiger partial charge in [0, 0.05) is 10.6 Å². The molecule has 0 aliphatic rings. The number of hydrogen-bond acceptors (Lipinski definition) is 3. The molecule has 2 rings (SSSR count). The van der Waals surface area contributed by atoms with Crippen LogP contribution in [0.2, 0.25) is 5.02 Å². The summed E-state index contributed by atoms with van der Waals surface area (Å²) < 4.78 is 4.18. The minimum absolute atomic E-state index is 0.692. The van der Waals surface area contributed by atoms with Crippen LogP contribution in [0.15, 0.2) is 24.3 Å². The molecule has 5 heteroatoms. The zero-order valence-corrected chi connectivity index (χ0v) is 10.2. The first kappa shape index (κ1) is 10.1. The zero-order valence-electron chi connectivity index (χ0n) is 7.08. The van der Waals surface area contributed by atoms with Crippen LogP contribution in [0.1, 0.15) is 5.82 Å². The maximum absolute atomic E-state index is 5.79. The number of alkyl halides is 1. The van der Waals surface area contributed by atoms with Gasteiger partial charge in [-0.05, 0) is 23.7 Å². The minimum Gasteiger partial charge on any atom is -0.218 e. The van der Waals surface area contributed by atoms with E-state index in [1.807, 2.05) is 24.3 Å². The third-order valence-electron chi connectivity index (χ3n) is 1.68. The van der Waals surface area contributed by atoms with Crippen LogP contribution in [-0.4, -0.2) is 9.36 Å². The van der Waals surface area contributed by atoms with Crippen molar-refractivity contribution in [2.24, 2.45) is 0 Å². The average molecular weight is 290 g/mol. The standard InChI is InChI=1S/C9H6BrClN2S/c10-5-8-12-9(14-13-8)6-1-3-7(11)4-2-6/h1-4H,5H2. The lowest BCUT2D eigenvalue weighted by Gasteiger charge is -1.94. The Labute approximate surface area is 99.2 Å². The summed E-state index contributed by atoms with van der Waals surface area (Å²) in [5, 5.41) is 2.35. The summed E-state index contributed by atoms with van der Waals surface area (Å²) in [6.45, 7) is 0. The van der Waals surface area contributed by atoms with E-state index in [9.17, 15) is 0 Å². The van der Waals surface area contributed by atoms with Gasteiger partial charge in [-0.1, -0.05) is 39.7 Å². The Balaban J connectivity index is 2.34. The molecule has 0 fully saturated rings. The first-order valence-electron chi connectivity index (χ1n) is 3.94. The molecule has 1 heterocycles. The van der Waals surface area contributed by atoms with Gasteiger partial charge in [0.2, 0.25) is 0 Å². The van der Waals surface area contributed by atoms with Gasteiger partial charge in [-0.3, -0.25) is 0 Å². The number of rotatable bonds is 2. The van der Waals surface area contributed by atoms with E-state index in [0.29, 0.717) is 5.33 Å². The van der Waals surface area contributed by atoms with E-state index in [2.05, 4.69) is 25.3 Å². The van der Waals surface area contributed by atoms with E-state index in [0.717, 1.165) is 21.4 Å². The van der Waals surface area contributed by atoms with Gasteiger partial charge in [-0.2, -0.15) is 4.37 Å². The first-order valence-corrected chi connectivity index (χ1v) is 6.21. The number of benzene rings is 1. The Kier molecular flexibility index (Phi) is 3.15. The maximum atomic E-state index is 5.79. The molecular formula is C9H6BrClN2S. The van der Waals surface area contributed by atoms with E-state index in [1.165, 1.54) is 11.5 Å². The molecular weight excluding hydrogens is 284 g/mol. The van der Waals surface area contributed by atoms with Gasteiger partial charge in [-0.15, -0.1) is 0 Å². The highest BCUT2D eigenvalue weighted by Gasteiger charge is 2.04. The average Bonchev–Trinajstić information content (AvgIpc) is 2.67. The van der Waals surface area contributed by atoms with Gasteiger partial charge < -0.3 is 0 Å². The number of nitrogens with zero attached hydrogens (tertiary/aromatic N) is 2. The van der Waals surface area contributed by atoms with Crippen molar-refractivity contribution >= 4 is 39.1 Å². The zero-order chi connectivity index (χ0) is 9.97. The van der Waals surface area contributed by atoms with Crippen molar-refractivity contribution in [3.63, 3.8) is 0 Å². The summed E-state index contributed by atoms with van der Waals surface area (Å²) >= 11 is 10.5. The second-order valence-electron chi connectivity index (χ2n) is 2.66. The SMILES string of the molecule is Clc1ccc(-c2nc(CBr)ns2)cc1. The Morgan fingerprint density at radius 1 is 1.29 bits per heavy atom. The minimum atomic E-state index is 0.692. The van der Waals surface area contributed by atoms with E-state index in [-0.39, 0.29) is 0 Å². The highest BCUT2D eigenvalue weighted by molar-refractivity contribution is 9.08. The molecule has 0 radical (unpaired) electrons. The Hall–Kier alpha value is -0.450. The van der Waals surface area contributed by atoms with Crippen molar-refractivity contribution in [2.45, 2.75) is 5.33 Å². The lowest BCUT2D eigenvalue weighted by molar-refractivity contribution is 1.15. The molecule has 0 spiro atoms. The number of hydrogen-bond donors (Lipinski definition) is 0. The van der Waals surface area contributed by atoms with Crippen molar-refractivity contribution in [3.05, 3.63) is 35.1 Å². The number of aromatic nitrogens is 2. The molecule has 0 aliphatic carbocycles. The quantitative estimate of drug-likeness (QED) is 0.787. The molecule has 0 unspecified atom stereocenters.